The van der Waals surface area contributed by atoms with Gasteiger partial charge in [-0.2, -0.15) is 0 Å². The molecule has 1 N–H and O–H groups in total. The summed E-state index contributed by atoms with van der Waals surface area (Å²) in [6.45, 7) is 15.1. The van der Waals surface area contributed by atoms with Gasteiger partial charge in [0, 0.05) is 6.54 Å². The molecular formula is C13H27N5. The zero-order valence-electron chi connectivity index (χ0n) is 12.6. The standard InChI is InChI=1S/C13H27N5/c1-7-8-14-11(3)12-15-16-17-18(12)9-10(2)13(4,5)6/h10-11,14H,7-9H2,1-6H3. The Labute approximate surface area is 110 Å². The molecule has 5 heteroatoms. The van der Waals surface area contributed by atoms with Gasteiger partial charge in [0.25, 0.3) is 0 Å². The van der Waals surface area contributed by atoms with Gasteiger partial charge in [0.05, 0.1) is 6.04 Å². The van der Waals surface area contributed by atoms with Crippen molar-refractivity contribution in [2.75, 3.05) is 6.54 Å². The second-order valence-electron chi connectivity index (χ2n) is 6.16. The second-order valence-corrected chi connectivity index (χ2v) is 6.16. The van der Waals surface area contributed by atoms with Crippen LogP contribution in [0.2, 0.25) is 0 Å². The van der Waals surface area contributed by atoms with Gasteiger partial charge in [0.15, 0.2) is 5.82 Å². The third kappa shape index (κ3) is 4.05. The summed E-state index contributed by atoms with van der Waals surface area (Å²) in [5.74, 6) is 1.46. The van der Waals surface area contributed by atoms with Gasteiger partial charge in [0.1, 0.15) is 0 Å². The lowest BCUT2D eigenvalue weighted by Gasteiger charge is -2.27. The van der Waals surface area contributed by atoms with Crippen LogP contribution in [0.5, 0.6) is 0 Å². The van der Waals surface area contributed by atoms with Crippen molar-refractivity contribution in [1.82, 2.24) is 25.5 Å². The van der Waals surface area contributed by atoms with Crippen LogP contribution in [-0.2, 0) is 6.54 Å². The van der Waals surface area contributed by atoms with Gasteiger partial charge in [-0.15, -0.1) is 5.10 Å². The van der Waals surface area contributed by atoms with Crippen LogP contribution in [0.25, 0.3) is 0 Å². The molecule has 0 bridgehead atoms. The summed E-state index contributed by atoms with van der Waals surface area (Å²) >= 11 is 0. The molecule has 0 amide bonds. The van der Waals surface area contributed by atoms with Crippen molar-refractivity contribution < 1.29 is 0 Å². The normalized spacial score (nSPS) is 15.7. The minimum Gasteiger partial charge on any atom is -0.307 e. The molecule has 5 nitrogen and oxygen atoms in total. The van der Waals surface area contributed by atoms with Crippen LogP contribution < -0.4 is 5.32 Å². The zero-order chi connectivity index (χ0) is 13.8. The molecule has 0 aromatic carbocycles. The zero-order valence-corrected chi connectivity index (χ0v) is 12.6. The van der Waals surface area contributed by atoms with Crippen LogP contribution >= 0.6 is 0 Å². The highest BCUT2D eigenvalue weighted by molar-refractivity contribution is 4.90. The van der Waals surface area contributed by atoms with E-state index in [0.29, 0.717) is 5.92 Å². The number of nitrogens with one attached hydrogen (secondary N) is 1. The molecule has 0 saturated heterocycles. The van der Waals surface area contributed by atoms with Crippen LogP contribution in [0.4, 0.5) is 0 Å². The van der Waals surface area contributed by atoms with E-state index < -0.39 is 0 Å². The summed E-state index contributed by atoms with van der Waals surface area (Å²) in [6, 6.07) is 0.201. The fourth-order valence-electron chi connectivity index (χ4n) is 1.64. The number of tetrazole rings is 1. The first kappa shape index (κ1) is 15.1. The molecule has 0 saturated carbocycles. The molecule has 18 heavy (non-hydrogen) atoms. The predicted octanol–water partition coefficient (Wildman–Crippen LogP) is 2.42. The van der Waals surface area contributed by atoms with Gasteiger partial charge in [-0.05, 0) is 41.6 Å². The first-order valence-electron chi connectivity index (χ1n) is 6.85. The van der Waals surface area contributed by atoms with E-state index in [-0.39, 0.29) is 11.5 Å². The Hall–Kier alpha value is -0.970. The van der Waals surface area contributed by atoms with Crippen molar-refractivity contribution in [3.63, 3.8) is 0 Å². The van der Waals surface area contributed by atoms with E-state index in [2.05, 4.69) is 62.4 Å². The van der Waals surface area contributed by atoms with Crippen LogP contribution in [0.3, 0.4) is 0 Å². The number of aromatic nitrogens is 4. The van der Waals surface area contributed by atoms with E-state index >= 15 is 0 Å². The topological polar surface area (TPSA) is 55.6 Å². The largest absolute Gasteiger partial charge is 0.307 e. The molecule has 104 valence electrons. The maximum atomic E-state index is 4.14. The van der Waals surface area contributed by atoms with Crippen molar-refractivity contribution in [3.8, 4) is 0 Å². The SMILES string of the molecule is CCCNC(C)c1nnnn1CC(C)C(C)(C)C. The van der Waals surface area contributed by atoms with E-state index in [4.69, 9.17) is 0 Å². The average molecular weight is 253 g/mol. The van der Waals surface area contributed by atoms with E-state index in [9.17, 15) is 0 Å². The lowest BCUT2D eigenvalue weighted by Crippen LogP contribution is -2.27. The minimum atomic E-state index is 0.201. The molecule has 0 aliphatic carbocycles. The summed E-state index contributed by atoms with van der Waals surface area (Å²) in [6.07, 6.45) is 1.12. The van der Waals surface area contributed by atoms with Crippen LogP contribution in [-0.4, -0.2) is 26.8 Å². The number of nitrogens with zero attached hydrogens (tertiary/aromatic N) is 4. The van der Waals surface area contributed by atoms with Gasteiger partial charge in [-0.3, -0.25) is 0 Å². The van der Waals surface area contributed by atoms with Crippen molar-refractivity contribution in [1.29, 1.82) is 0 Å². The Morgan fingerprint density at radius 1 is 1.28 bits per heavy atom. The fourth-order valence-corrected chi connectivity index (χ4v) is 1.64. The molecule has 0 aliphatic heterocycles. The Bertz CT molecular complexity index is 353. The molecule has 0 fully saturated rings. The van der Waals surface area contributed by atoms with Gasteiger partial charge in [-0.1, -0.05) is 34.6 Å². The highest BCUT2D eigenvalue weighted by atomic mass is 15.5. The molecule has 1 aromatic rings. The van der Waals surface area contributed by atoms with Crippen molar-refractivity contribution in [2.24, 2.45) is 11.3 Å². The minimum absolute atomic E-state index is 0.201. The van der Waals surface area contributed by atoms with E-state index in [0.717, 1.165) is 25.3 Å². The molecule has 0 aliphatic rings. The van der Waals surface area contributed by atoms with Crippen LogP contribution in [0.15, 0.2) is 0 Å². The van der Waals surface area contributed by atoms with E-state index in [1.165, 1.54) is 0 Å². The Morgan fingerprint density at radius 2 is 1.94 bits per heavy atom. The van der Waals surface area contributed by atoms with E-state index in [1.807, 2.05) is 4.68 Å². The Kier molecular flexibility index (Phi) is 5.26. The first-order valence-corrected chi connectivity index (χ1v) is 6.85. The molecule has 1 aromatic heterocycles. The summed E-state index contributed by atoms with van der Waals surface area (Å²) in [5.41, 5.74) is 0.267. The van der Waals surface area contributed by atoms with Crippen LogP contribution in [0, 0.1) is 11.3 Å². The number of hydrogen-bond acceptors (Lipinski definition) is 4. The van der Waals surface area contributed by atoms with Crippen molar-refractivity contribution >= 4 is 0 Å². The highest BCUT2D eigenvalue weighted by Crippen LogP contribution is 2.27. The second kappa shape index (κ2) is 6.27. The maximum Gasteiger partial charge on any atom is 0.167 e. The molecule has 2 atom stereocenters. The maximum absolute atomic E-state index is 4.14. The van der Waals surface area contributed by atoms with Crippen molar-refractivity contribution in [2.45, 2.75) is 60.5 Å². The molecular weight excluding hydrogens is 226 g/mol. The first-order chi connectivity index (χ1) is 8.36. The summed E-state index contributed by atoms with van der Waals surface area (Å²) in [5, 5.41) is 15.5. The molecule has 2 unspecified atom stereocenters. The summed E-state index contributed by atoms with van der Waals surface area (Å²) in [4.78, 5) is 0. The average Bonchev–Trinajstić information content (AvgIpc) is 2.72. The smallest absolute Gasteiger partial charge is 0.167 e. The lowest BCUT2D eigenvalue weighted by molar-refractivity contribution is 0.220. The Balaban J connectivity index is 2.70. The molecule has 0 radical (unpaired) electrons. The molecule has 0 spiro atoms. The van der Waals surface area contributed by atoms with Gasteiger partial charge < -0.3 is 5.32 Å². The third-order valence-corrected chi connectivity index (χ3v) is 3.57. The monoisotopic (exact) mass is 253 g/mol. The van der Waals surface area contributed by atoms with Crippen LogP contribution in [0.1, 0.15) is 59.8 Å². The third-order valence-electron chi connectivity index (χ3n) is 3.57. The number of rotatable bonds is 6. The molecule has 1 rings (SSSR count). The van der Waals surface area contributed by atoms with Gasteiger partial charge >= 0.3 is 0 Å². The quantitative estimate of drug-likeness (QED) is 0.846. The van der Waals surface area contributed by atoms with E-state index in [1.54, 1.807) is 0 Å². The fraction of sp³-hybridized carbons (Fsp3) is 0.923. The lowest BCUT2D eigenvalue weighted by atomic mass is 9.82. The summed E-state index contributed by atoms with van der Waals surface area (Å²) < 4.78 is 1.93. The highest BCUT2D eigenvalue weighted by Gasteiger charge is 2.23. The van der Waals surface area contributed by atoms with Gasteiger partial charge in [0.2, 0.25) is 0 Å². The number of hydrogen-bond donors (Lipinski definition) is 1. The predicted molar refractivity (Wildman–Crippen MR) is 73.1 cm³/mol. The molecule has 1 heterocycles. The van der Waals surface area contributed by atoms with Crippen molar-refractivity contribution in [3.05, 3.63) is 5.82 Å². The van der Waals surface area contributed by atoms with Gasteiger partial charge in [-0.25, -0.2) is 4.68 Å². The summed E-state index contributed by atoms with van der Waals surface area (Å²) in [7, 11) is 0. The Morgan fingerprint density at radius 3 is 2.50 bits per heavy atom.